The predicted octanol–water partition coefficient (Wildman–Crippen LogP) is 1.96. The molecule has 0 heterocycles. The van der Waals surface area contributed by atoms with Gasteiger partial charge in [-0.2, -0.15) is 0 Å². The number of carbonyl (C=O) groups is 1. The first-order chi connectivity index (χ1) is 10.1. The fraction of sp³-hybridized carbons (Fsp3) is 0.647. The first-order valence-electron chi connectivity index (χ1n) is 8.10. The van der Waals surface area contributed by atoms with Gasteiger partial charge in [0.25, 0.3) is 0 Å². The van der Waals surface area contributed by atoms with Crippen LogP contribution in [0.4, 0.5) is 0 Å². The van der Waals surface area contributed by atoms with Gasteiger partial charge in [0.05, 0.1) is 12.0 Å². The summed E-state index contributed by atoms with van der Waals surface area (Å²) in [4.78, 5) is 12.0. The van der Waals surface area contributed by atoms with E-state index in [-0.39, 0.29) is 11.7 Å². The highest BCUT2D eigenvalue weighted by Gasteiger charge is 2.36. The van der Waals surface area contributed by atoms with Crippen LogP contribution in [0.1, 0.15) is 45.4 Å². The van der Waals surface area contributed by atoms with Gasteiger partial charge in [0.15, 0.2) is 5.78 Å². The molecule has 0 saturated heterocycles. The molecule has 1 aliphatic carbocycles. The number of ketones is 1. The van der Waals surface area contributed by atoms with Crippen LogP contribution in [-0.4, -0.2) is 36.1 Å². The molecule has 0 amide bonds. The summed E-state index contributed by atoms with van der Waals surface area (Å²) in [5, 5.41) is 19.4. The number of unbranched alkanes of at least 4 members (excludes halogenated alkanes) is 1. The van der Waals surface area contributed by atoms with E-state index in [0.717, 1.165) is 31.2 Å². The lowest BCUT2D eigenvalue weighted by Crippen LogP contribution is -2.17. The minimum atomic E-state index is -0.904. The largest absolute Gasteiger partial charge is 0.388 e. The van der Waals surface area contributed by atoms with Crippen LogP contribution in [0.2, 0.25) is 6.32 Å². The normalized spacial score (nSPS) is 23.6. The van der Waals surface area contributed by atoms with Gasteiger partial charge in [-0.3, -0.25) is 4.79 Å². The average Bonchev–Trinajstić information content (AvgIpc) is 2.73. The molecular formula is C17H27BO3. The van der Waals surface area contributed by atoms with E-state index in [4.69, 9.17) is 0 Å². The van der Waals surface area contributed by atoms with Gasteiger partial charge in [0.1, 0.15) is 14.0 Å². The molecule has 116 valence electrons. The van der Waals surface area contributed by atoms with E-state index in [1.807, 2.05) is 13.0 Å². The van der Waals surface area contributed by atoms with Gasteiger partial charge < -0.3 is 10.2 Å². The summed E-state index contributed by atoms with van der Waals surface area (Å²) in [6, 6.07) is 0. The Bertz CT molecular complexity index is 422. The number of rotatable bonds is 8. The van der Waals surface area contributed by atoms with Gasteiger partial charge in [-0.1, -0.05) is 38.2 Å². The second kappa shape index (κ2) is 9.78. The fourth-order valence-electron chi connectivity index (χ4n) is 2.53. The first kappa shape index (κ1) is 18.0. The Labute approximate surface area is 128 Å². The van der Waals surface area contributed by atoms with Crippen LogP contribution in [0.3, 0.4) is 0 Å². The molecule has 0 bridgehead atoms. The third-order valence-electron chi connectivity index (χ3n) is 3.81. The van der Waals surface area contributed by atoms with Crippen LogP contribution >= 0.6 is 0 Å². The number of aliphatic hydroxyl groups is 2. The summed E-state index contributed by atoms with van der Waals surface area (Å²) in [5.41, 5.74) is 3.88. The molecule has 1 aliphatic rings. The summed E-state index contributed by atoms with van der Waals surface area (Å²) >= 11 is 0. The van der Waals surface area contributed by atoms with E-state index in [9.17, 15) is 15.0 Å². The van der Waals surface area contributed by atoms with Crippen LogP contribution in [0.25, 0.3) is 0 Å². The lowest BCUT2D eigenvalue weighted by atomic mass is 9.97. The highest BCUT2D eigenvalue weighted by atomic mass is 16.3. The lowest BCUT2D eigenvalue weighted by molar-refractivity contribution is -0.127. The molecule has 0 aromatic carbocycles. The Hall–Kier alpha value is -1.09. The number of carbonyl (C=O) groups excluding carboxylic acids is 1. The van der Waals surface area contributed by atoms with Crippen LogP contribution in [0.15, 0.2) is 29.5 Å². The molecule has 3 nitrogen and oxygen atoms in total. The molecule has 1 rings (SSSR count). The van der Waals surface area contributed by atoms with Crippen LogP contribution < -0.4 is 0 Å². The number of Topliss-reactive ketones (excluding diaryl/α,β-unsaturated/α-hetero) is 1. The molecule has 1 fully saturated rings. The topological polar surface area (TPSA) is 57.5 Å². The van der Waals surface area contributed by atoms with Crippen molar-refractivity contribution in [3.8, 4) is 0 Å². The maximum absolute atomic E-state index is 12.0. The molecule has 0 spiro atoms. The van der Waals surface area contributed by atoms with Gasteiger partial charge in [-0.05, 0) is 30.9 Å². The third-order valence-corrected chi connectivity index (χ3v) is 3.81. The molecule has 3 atom stereocenters. The Morgan fingerprint density at radius 2 is 2.24 bits per heavy atom. The van der Waals surface area contributed by atoms with Crippen molar-refractivity contribution in [1.29, 1.82) is 0 Å². The maximum Gasteiger partial charge on any atom is 0.169 e. The van der Waals surface area contributed by atoms with Crippen molar-refractivity contribution < 1.29 is 15.0 Å². The summed E-state index contributed by atoms with van der Waals surface area (Å²) in [7, 11) is 2.15. The van der Waals surface area contributed by atoms with Crippen molar-refractivity contribution in [3.05, 3.63) is 29.5 Å². The highest BCUT2D eigenvalue weighted by Crippen LogP contribution is 2.30. The molecule has 0 radical (unpaired) electrons. The highest BCUT2D eigenvalue weighted by molar-refractivity contribution is 6.08. The monoisotopic (exact) mass is 290 g/mol. The molecule has 2 unspecified atom stereocenters. The van der Waals surface area contributed by atoms with Gasteiger partial charge >= 0.3 is 0 Å². The van der Waals surface area contributed by atoms with E-state index in [1.54, 1.807) is 6.08 Å². The number of aliphatic hydroxyl groups excluding tert-OH is 2. The van der Waals surface area contributed by atoms with Crippen molar-refractivity contribution in [2.45, 2.75) is 64.0 Å². The molecule has 21 heavy (non-hydrogen) atoms. The van der Waals surface area contributed by atoms with Crippen molar-refractivity contribution in [2.24, 2.45) is 5.92 Å². The molecule has 2 N–H and O–H groups in total. The fourth-order valence-corrected chi connectivity index (χ4v) is 2.53. The van der Waals surface area contributed by atoms with Crippen molar-refractivity contribution in [2.75, 3.05) is 0 Å². The number of allylic oxidation sites excluding steroid dienone is 2. The number of hydrogen-bond acceptors (Lipinski definition) is 3. The van der Waals surface area contributed by atoms with E-state index in [1.165, 1.54) is 0 Å². The zero-order chi connectivity index (χ0) is 15.7. The summed E-state index contributed by atoms with van der Waals surface area (Å²) < 4.78 is 0. The predicted molar refractivity (Wildman–Crippen MR) is 88.0 cm³/mol. The minimum absolute atomic E-state index is 0.115. The molecule has 0 aliphatic heterocycles. The molecule has 1 saturated carbocycles. The van der Waals surface area contributed by atoms with Crippen LogP contribution in [0.5, 0.6) is 0 Å². The van der Waals surface area contributed by atoms with Gasteiger partial charge in [-0.15, -0.1) is 5.73 Å². The maximum atomic E-state index is 12.0. The zero-order valence-electron chi connectivity index (χ0n) is 13.2. The average molecular weight is 290 g/mol. The quantitative estimate of drug-likeness (QED) is 0.311. The zero-order valence-corrected chi connectivity index (χ0v) is 13.2. The molecular weight excluding hydrogens is 263 g/mol. The third kappa shape index (κ3) is 6.05. The Kier molecular flexibility index (Phi) is 8.37. The van der Waals surface area contributed by atoms with Gasteiger partial charge in [0.2, 0.25) is 0 Å². The second-order valence-electron chi connectivity index (χ2n) is 5.72. The summed E-state index contributed by atoms with van der Waals surface area (Å²) in [6.45, 7) is 2.01. The van der Waals surface area contributed by atoms with Crippen molar-refractivity contribution in [3.63, 3.8) is 0 Å². The molecule has 4 heteroatoms. The molecule has 0 aromatic rings. The Morgan fingerprint density at radius 3 is 2.90 bits per heavy atom. The SMILES string of the molecule is BCCC/C=C\C[C@H]1C(=O)C(O)CC1=C=CC(O)CCC. The van der Waals surface area contributed by atoms with E-state index in [2.05, 4.69) is 19.7 Å². The van der Waals surface area contributed by atoms with Gasteiger partial charge in [0, 0.05) is 6.42 Å². The van der Waals surface area contributed by atoms with Crippen molar-refractivity contribution in [1.82, 2.24) is 0 Å². The summed E-state index contributed by atoms with van der Waals surface area (Å²) in [5.74, 6) is -0.390. The smallest absolute Gasteiger partial charge is 0.169 e. The van der Waals surface area contributed by atoms with Crippen LogP contribution in [-0.2, 0) is 4.79 Å². The van der Waals surface area contributed by atoms with Gasteiger partial charge in [-0.25, -0.2) is 0 Å². The first-order valence-corrected chi connectivity index (χ1v) is 8.10. The second-order valence-corrected chi connectivity index (χ2v) is 5.72. The lowest BCUT2D eigenvalue weighted by Gasteiger charge is -2.06. The van der Waals surface area contributed by atoms with Crippen molar-refractivity contribution >= 4 is 13.6 Å². The van der Waals surface area contributed by atoms with Crippen LogP contribution in [0, 0.1) is 5.92 Å². The Morgan fingerprint density at radius 1 is 1.48 bits per heavy atom. The standard InChI is InChI=1S/C17H27BO3/c1-2-7-14(19)10-9-13-12-16(20)17(21)15(13)8-5-3-4-6-11-18/h3,5,10,14-16,19-20H,2,4,6-8,11-12,18H2,1H3/b5-3-/t9?,14?,15-,16?/m1/s1. The molecule has 0 aromatic heterocycles. The van der Waals surface area contributed by atoms with E-state index < -0.39 is 12.2 Å². The van der Waals surface area contributed by atoms with E-state index >= 15 is 0 Å². The summed E-state index contributed by atoms with van der Waals surface area (Å²) in [6.07, 6.45) is 10.3. The minimum Gasteiger partial charge on any atom is -0.388 e. The van der Waals surface area contributed by atoms with E-state index in [0.29, 0.717) is 19.3 Å². The Balaban J connectivity index is 2.70. The number of hydrogen-bond donors (Lipinski definition) is 2.